The van der Waals surface area contributed by atoms with Gasteiger partial charge in [0.15, 0.2) is 6.10 Å². The van der Waals surface area contributed by atoms with E-state index >= 15 is 0 Å². The first-order valence-corrected chi connectivity index (χ1v) is 34.3. The molecular formula is C70H132O6. The van der Waals surface area contributed by atoms with Crippen LogP contribution in [-0.2, 0) is 28.6 Å². The van der Waals surface area contributed by atoms with Crippen LogP contribution in [0.1, 0.15) is 387 Å². The Bertz CT molecular complexity index is 1230. The molecule has 1 atom stereocenters. The number of rotatable bonds is 64. The van der Waals surface area contributed by atoms with Crippen LogP contribution in [0, 0.1) is 0 Å². The van der Waals surface area contributed by atoms with E-state index < -0.39 is 6.10 Å². The average Bonchev–Trinajstić information content (AvgIpc) is 3.42. The van der Waals surface area contributed by atoms with E-state index in [4.69, 9.17) is 14.2 Å². The fraction of sp³-hybridized carbons (Fsp3) is 0.900. The van der Waals surface area contributed by atoms with Gasteiger partial charge in [0.1, 0.15) is 13.2 Å². The molecule has 76 heavy (non-hydrogen) atoms. The summed E-state index contributed by atoms with van der Waals surface area (Å²) in [5.41, 5.74) is 0. The normalized spacial score (nSPS) is 12.1. The Hall–Kier alpha value is -2.11. The summed E-state index contributed by atoms with van der Waals surface area (Å²) in [5, 5.41) is 0. The highest BCUT2D eigenvalue weighted by Gasteiger charge is 2.19. The minimum Gasteiger partial charge on any atom is -0.462 e. The summed E-state index contributed by atoms with van der Waals surface area (Å²) in [4.78, 5) is 38.2. The van der Waals surface area contributed by atoms with Gasteiger partial charge in [-0.15, -0.1) is 0 Å². The first-order valence-electron chi connectivity index (χ1n) is 34.3. The zero-order chi connectivity index (χ0) is 55.0. The predicted molar refractivity (Wildman–Crippen MR) is 330 cm³/mol. The van der Waals surface area contributed by atoms with Crippen molar-refractivity contribution in [2.24, 2.45) is 0 Å². The first kappa shape index (κ1) is 73.9. The topological polar surface area (TPSA) is 78.9 Å². The van der Waals surface area contributed by atoms with Gasteiger partial charge in [0.25, 0.3) is 0 Å². The van der Waals surface area contributed by atoms with E-state index in [1.807, 2.05) is 0 Å². The maximum atomic E-state index is 12.9. The molecule has 0 aliphatic carbocycles. The molecule has 0 heterocycles. The second kappa shape index (κ2) is 65.4. The fourth-order valence-corrected chi connectivity index (χ4v) is 10.5. The van der Waals surface area contributed by atoms with Gasteiger partial charge in [-0.3, -0.25) is 14.4 Å². The van der Waals surface area contributed by atoms with E-state index in [1.54, 1.807) is 0 Å². The lowest BCUT2D eigenvalue weighted by Crippen LogP contribution is -2.30. The molecule has 0 saturated heterocycles. The number of carbonyl (C=O) groups is 3. The average molecular weight is 1070 g/mol. The molecule has 0 aromatic heterocycles. The molecule has 0 aromatic carbocycles. The smallest absolute Gasteiger partial charge is 0.306 e. The summed E-state index contributed by atoms with van der Waals surface area (Å²) in [5.74, 6) is -0.845. The Morgan fingerprint density at radius 1 is 0.250 bits per heavy atom. The van der Waals surface area contributed by atoms with Gasteiger partial charge in [-0.25, -0.2) is 0 Å². The van der Waals surface area contributed by atoms with E-state index in [9.17, 15) is 14.4 Å². The van der Waals surface area contributed by atoms with Gasteiger partial charge in [-0.05, 0) is 70.6 Å². The maximum absolute atomic E-state index is 12.9. The highest BCUT2D eigenvalue weighted by atomic mass is 16.6. The van der Waals surface area contributed by atoms with Crippen LogP contribution in [0.15, 0.2) is 24.3 Å². The van der Waals surface area contributed by atoms with Gasteiger partial charge in [0.2, 0.25) is 0 Å². The standard InChI is InChI=1S/C70H132O6/c1-4-7-10-13-16-19-21-23-25-27-29-31-33-34-35-36-38-39-41-43-45-47-49-51-54-57-60-63-69(72)75-66-67(65-74-68(71)62-59-56-53-18-15-12-9-6-3)76-70(73)64-61-58-55-52-50-48-46-44-42-40-37-32-30-28-26-24-22-20-17-14-11-8-5-2/h27-30,67H,4-26,31-66H2,1-3H3/b29-27-,30-28-. The number of unbranched alkanes of at least 4 members (excludes halogenated alkanes) is 49. The number of allylic oxidation sites excluding steroid dienone is 4. The van der Waals surface area contributed by atoms with Crippen LogP contribution in [0.25, 0.3) is 0 Å². The zero-order valence-electron chi connectivity index (χ0n) is 51.6. The second-order valence-electron chi connectivity index (χ2n) is 23.4. The molecule has 0 fully saturated rings. The Kier molecular flexibility index (Phi) is 63.6. The number of esters is 3. The van der Waals surface area contributed by atoms with Crippen molar-refractivity contribution in [1.29, 1.82) is 0 Å². The van der Waals surface area contributed by atoms with Gasteiger partial charge >= 0.3 is 17.9 Å². The van der Waals surface area contributed by atoms with Crippen LogP contribution in [-0.4, -0.2) is 37.2 Å². The van der Waals surface area contributed by atoms with Crippen LogP contribution in [0.4, 0.5) is 0 Å². The molecule has 6 heteroatoms. The van der Waals surface area contributed by atoms with Gasteiger partial charge in [0, 0.05) is 19.3 Å². The lowest BCUT2D eigenvalue weighted by molar-refractivity contribution is -0.167. The molecule has 1 unspecified atom stereocenters. The molecule has 0 bridgehead atoms. The lowest BCUT2D eigenvalue weighted by atomic mass is 10.0. The predicted octanol–water partition coefficient (Wildman–Crippen LogP) is 23.4. The largest absolute Gasteiger partial charge is 0.462 e. The van der Waals surface area contributed by atoms with Crippen molar-refractivity contribution in [2.75, 3.05) is 13.2 Å². The Morgan fingerprint density at radius 3 is 0.658 bits per heavy atom. The maximum Gasteiger partial charge on any atom is 0.306 e. The minimum atomic E-state index is -0.767. The van der Waals surface area contributed by atoms with Crippen LogP contribution < -0.4 is 0 Å². The summed E-state index contributed by atoms with van der Waals surface area (Å²) >= 11 is 0. The zero-order valence-corrected chi connectivity index (χ0v) is 51.6. The molecular weight excluding hydrogens is 937 g/mol. The second-order valence-corrected chi connectivity index (χ2v) is 23.4. The summed E-state index contributed by atoms with van der Waals surface area (Å²) < 4.78 is 16.9. The monoisotopic (exact) mass is 1070 g/mol. The molecule has 0 aliphatic rings. The molecule has 0 aromatic rings. The van der Waals surface area contributed by atoms with Crippen molar-refractivity contribution in [1.82, 2.24) is 0 Å². The van der Waals surface area contributed by atoms with Gasteiger partial charge in [0.05, 0.1) is 0 Å². The van der Waals surface area contributed by atoms with Crippen molar-refractivity contribution < 1.29 is 28.6 Å². The highest BCUT2D eigenvalue weighted by molar-refractivity contribution is 5.71. The molecule has 448 valence electrons. The molecule has 0 amide bonds. The van der Waals surface area contributed by atoms with E-state index in [0.29, 0.717) is 19.3 Å². The first-order chi connectivity index (χ1) is 37.5. The third-order valence-electron chi connectivity index (χ3n) is 15.7. The van der Waals surface area contributed by atoms with Crippen molar-refractivity contribution in [3.63, 3.8) is 0 Å². The quantitative estimate of drug-likeness (QED) is 0.0261. The molecule has 0 aliphatic heterocycles. The van der Waals surface area contributed by atoms with Crippen molar-refractivity contribution in [3.05, 3.63) is 24.3 Å². The van der Waals surface area contributed by atoms with Crippen molar-refractivity contribution in [2.45, 2.75) is 393 Å². The molecule has 0 N–H and O–H groups in total. The SMILES string of the molecule is CCCCCCCCCC/C=C\CCCCCCCCCCCCCCCCCC(=O)OCC(COC(=O)CCCCCCCCCC)OC(=O)CCCCCCCCCCCCC/C=C\CCCCCCCCCC. The van der Waals surface area contributed by atoms with E-state index in [0.717, 1.165) is 57.8 Å². The molecule has 6 nitrogen and oxygen atoms in total. The molecule has 0 saturated carbocycles. The number of hydrogen-bond acceptors (Lipinski definition) is 6. The Balaban J connectivity index is 4.08. The third kappa shape index (κ3) is 62.7. The number of carbonyl (C=O) groups excluding carboxylic acids is 3. The molecule has 0 rings (SSSR count). The molecule has 0 spiro atoms. The van der Waals surface area contributed by atoms with E-state index in [-0.39, 0.29) is 31.1 Å². The fourth-order valence-electron chi connectivity index (χ4n) is 10.5. The number of hydrogen-bond donors (Lipinski definition) is 0. The minimum absolute atomic E-state index is 0.0661. The van der Waals surface area contributed by atoms with Crippen LogP contribution in [0.2, 0.25) is 0 Å². The highest BCUT2D eigenvalue weighted by Crippen LogP contribution is 2.18. The van der Waals surface area contributed by atoms with Crippen molar-refractivity contribution in [3.8, 4) is 0 Å². The van der Waals surface area contributed by atoms with E-state index in [2.05, 4.69) is 45.1 Å². The number of ether oxygens (including phenoxy) is 3. The van der Waals surface area contributed by atoms with Crippen LogP contribution in [0.3, 0.4) is 0 Å². The summed E-state index contributed by atoms with van der Waals surface area (Å²) in [6.45, 7) is 6.68. The lowest BCUT2D eigenvalue weighted by Gasteiger charge is -2.18. The van der Waals surface area contributed by atoms with Crippen LogP contribution >= 0.6 is 0 Å². The Labute approximate surface area is 474 Å². The van der Waals surface area contributed by atoms with E-state index in [1.165, 1.54) is 289 Å². The molecule has 0 radical (unpaired) electrons. The summed E-state index contributed by atoms with van der Waals surface area (Å²) in [6, 6.07) is 0. The van der Waals surface area contributed by atoms with Crippen molar-refractivity contribution >= 4 is 17.9 Å². The van der Waals surface area contributed by atoms with Gasteiger partial charge in [-0.2, -0.15) is 0 Å². The van der Waals surface area contributed by atoms with Crippen LogP contribution in [0.5, 0.6) is 0 Å². The summed E-state index contributed by atoms with van der Waals surface area (Å²) in [6.07, 6.45) is 79.4. The third-order valence-corrected chi connectivity index (χ3v) is 15.7. The van der Waals surface area contributed by atoms with Gasteiger partial charge in [-0.1, -0.05) is 321 Å². The Morgan fingerprint density at radius 2 is 0.434 bits per heavy atom. The summed E-state index contributed by atoms with van der Waals surface area (Å²) in [7, 11) is 0. The van der Waals surface area contributed by atoms with Gasteiger partial charge < -0.3 is 14.2 Å².